The first-order valence-electron chi connectivity index (χ1n) is 7.43. The van der Waals surface area contributed by atoms with Crippen LogP contribution in [0.25, 0.3) is 0 Å². The number of primary sulfonamides is 1. The summed E-state index contributed by atoms with van der Waals surface area (Å²) >= 11 is 0. The van der Waals surface area contributed by atoms with Crippen LogP contribution in [0.3, 0.4) is 0 Å². The molecule has 120 valence electrons. The third-order valence-corrected chi connectivity index (χ3v) is 4.90. The summed E-state index contributed by atoms with van der Waals surface area (Å²) in [6, 6.07) is 6.18. The van der Waals surface area contributed by atoms with Crippen LogP contribution in [0.4, 0.5) is 0 Å². The molecule has 3 N–H and O–H groups in total. The average molecular weight is 322 g/mol. The van der Waals surface area contributed by atoms with E-state index in [2.05, 4.69) is 12.2 Å². The lowest BCUT2D eigenvalue weighted by atomic mass is 9.87. The highest BCUT2D eigenvalue weighted by Gasteiger charge is 2.13. The fourth-order valence-electron chi connectivity index (χ4n) is 2.50. The largest absolute Gasteiger partial charge is 0.348 e. The van der Waals surface area contributed by atoms with Crippen LogP contribution in [0.2, 0.25) is 0 Å². The van der Waals surface area contributed by atoms with E-state index >= 15 is 0 Å². The normalized spacial score (nSPS) is 18.8. The lowest BCUT2D eigenvalue weighted by Crippen LogP contribution is -2.21. The molecule has 1 aliphatic carbocycles. The summed E-state index contributed by atoms with van der Waals surface area (Å²) in [5, 5.41) is 7.86. The third-order valence-electron chi connectivity index (χ3n) is 3.97. The van der Waals surface area contributed by atoms with Gasteiger partial charge in [-0.3, -0.25) is 4.79 Å². The van der Waals surface area contributed by atoms with Crippen molar-refractivity contribution in [3.8, 4) is 0 Å². The van der Waals surface area contributed by atoms with Gasteiger partial charge < -0.3 is 5.32 Å². The van der Waals surface area contributed by atoms with Crippen molar-refractivity contribution in [1.29, 1.82) is 0 Å². The number of hydrogen-bond acceptors (Lipinski definition) is 3. The molecular weight excluding hydrogens is 300 g/mol. The van der Waals surface area contributed by atoms with Gasteiger partial charge in [0.25, 0.3) is 0 Å². The van der Waals surface area contributed by atoms with E-state index in [9.17, 15) is 13.2 Å². The van der Waals surface area contributed by atoms with Crippen molar-refractivity contribution in [2.24, 2.45) is 11.1 Å². The van der Waals surface area contributed by atoms with Gasteiger partial charge in [-0.1, -0.05) is 24.6 Å². The van der Waals surface area contributed by atoms with E-state index < -0.39 is 10.0 Å². The van der Waals surface area contributed by atoms with E-state index in [0.717, 1.165) is 37.2 Å². The number of sulfonamides is 1. The van der Waals surface area contributed by atoms with E-state index in [1.807, 2.05) is 0 Å². The van der Waals surface area contributed by atoms with Gasteiger partial charge in [-0.05, 0) is 49.3 Å². The molecule has 6 heteroatoms. The van der Waals surface area contributed by atoms with Gasteiger partial charge in [-0.15, -0.1) is 0 Å². The molecule has 1 aliphatic rings. The first-order chi connectivity index (χ1) is 10.3. The van der Waals surface area contributed by atoms with Crippen molar-refractivity contribution in [3.63, 3.8) is 0 Å². The van der Waals surface area contributed by atoms with E-state index in [0.29, 0.717) is 6.54 Å². The summed E-state index contributed by atoms with van der Waals surface area (Å²) in [6.07, 6.45) is 5.99. The summed E-state index contributed by atoms with van der Waals surface area (Å²) in [4.78, 5) is 12.0. The van der Waals surface area contributed by atoms with Gasteiger partial charge in [0.1, 0.15) is 0 Å². The molecule has 0 spiro atoms. The highest BCUT2D eigenvalue weighted by molar-refractivity contribution is 7.89. The van der Waals surface area contributed by atoms with Crippen LogP contribution < -0.4 is 10.5 Å². The van der Waals surface area contributed by atoms with Gasteiger partial charge in [-0.2, -0.15) is 0 Å². The minimum atomic E-state index is -3.67. The van der Waals surface area contributed by atoms with Crippen molar-refractivity contribution in [3.05, 3.63) is 41.5 Å². The van der Waals surface area contributed by atoms with E-state index in [-0.39, 0.29) is 10.8 Å². The second-order valence-corrected chi connectivity index (χ2v) is 7.45. The first kappa shape index (κ1) is 16.7. The molecule has 1 aromatic rings. The highest BCUT2D eigenvalue weighted by atomic mass is 32.2. The monoisotopic (exact) mass is 322 g/mol. The molecule has 0 unspecified atom stereocenters. The molecular formula is C16H22N2O3S. The first-order valence-corrected chi connectivity index (χ1v) is 8.98. The summed E-state index contributed by atoms with van der Waals surface area (Å²) < 4.78 is 22.3. The van der Waals surface area contributed by atoms with Crippen LogP contribution in [-0.4, -0.2) is 14.3 Å². The fourth-order valence-corrected chi connectivity index (χ4v) is 3.02. The minimum absolute atomic E-state index is 0.0704. The lowest BCUT2D eigenvalue weighted by molar-refractivity contribution is -0.116. The maximum Gasteiger partial charge on any atom is 0.244 e. The SMILES string of the molecule is CC1CCC(=CC(=O)NCc2ccc(S(N)(=O)=O)cc2)CC1. The Morgan fingerprint density at radius 3 is 2.41 bits per heavy atom. The zero-order chi connectivity index (χ0) is 16.2. The number of carbonyl (C=O) groups excluding carboxylic acids is 1. The Kier molecular flexibility index (Phi) is 5.37. The van der Waals surface area contributed by atoms with Crippen molar-refractivity contribution in [1.82, 2.24) is 5.32 Å². The second kappa shape index (κ2) is 7.07. The van der Waals surface area contributed by atoms with Gasteiger partial charge in [0.2, 0.25) is 15.9 Å². The number of carbonyl (C=O) groups is 1. The average Bonchev–Trinajstić information content (AvgIpc) is 2.47. The molecule has 0 saturated heterocycles. The van der Waals surface area contributed by atoms with Gasteiger partial charge >= 0.3 is 0 Å². The smallest absolute Gasteiger partial charge is 0.244 e. The Morgan fingerprint density at radius 1 is 1.27 bits per heavy atom. The lowest BCUT2D eigenvalue weighted by Gasteiger charge is -2.19. The second-order valence-electron chi connectivity index (χ2n) is 5.89. The highest BCUT2D eigenvalue weighted by Crippen LogP contribution is 2.27. The molecule has 2 rings (SSSR count). The summed E-state index contributed by atoms with van der Waals surface area (Å²) in [5.41, 5.74) is 2.04. The Bertz CT molecular complexity index is 653. The molecule has 22 heavy (non-hydrogen) atoms. The van der Waals surface area contributed by atoms with Crippen LogP contribution in [0.5, 0.6) is 0 Å². The predicted octanol–water partition coefficient (Wildman–Crippen LogP) is 2.09. The number of nitrogens with one attached hydrogen (secondary N) is 1. The minimum Gasteiger partial charge on any atom is -0.348 e. The standard InChI is InChI=1S/C16H22N2O3S/c1-12-2-4-13(5-3-12)10-16(19)18-11-14-6-8-15(9-7-14)22(17,20)21/h6-10,12H,2-5,11H2,1H3,(H,18,19)(H2,17,20,21). The maximum absolute atomic E-state index is 11.9. The zero-order valence-corrected chi connectivity index (χ0v) is 13.5. The van der Waals surface area contributed by atoms with Crippen molar-refractivity contribution >= 4 is 15.9 Å². The molecule has 1 aromatic carbocycles. The zero-order valence-electron chi connectivity index (χ0n) is 12.7. The van der Waals surface area contributed by atoms with E-state index in [1.54, 1.807) is 18.2 Å². The van der Waals surface area contributed by atoms with E-state index in [1.165, 1.54) is 17.7 Å². The molecule has 0 radical (unpaired) electrons. The van der Waals surface area contributed by atoms with Crippen molar-refractivity contribution < 1.29 is 13.2 Å². The Morgan fingerprint density at radius 2 is 1.86 bits per heavy atom. The van der Waals surface area contributed by atoms with E-state index in [4.69, 9.17) is 5.14 Å². The van der Waals surface area contributed by atoms with Crippen LogP contribution >= 0.6 is 0 Å². The van der Waals surface area contributed by atoms with Gasteiger partial charge in [0, 0.05) is 12.6 Å². The van der Waals surface area contributed by atoms with Crippen molar-refractivity contribution in [2.75, 3.05) is 0 Å². The molecule has 1 saturated carbocycles. The molecule has 0 aliphatic heterocycles. The van der Waals surface area contributed by atoms with Crippen LogP contribution in [0, 0.1) is 5.92 Å². The predicted molar refractivity (Wildman–Crippen MR) is 85.4 cm³/mol. The molecule has 1 fully saturated rings. The van der Waals surface area contributed by atoms with Crippen LogP contribution in [0.1, 0.15) is 38.2 Å². The Hall–Kier alpha value is -1.66. The molecule has 5 nitrogen and oxygen atoms in total. The number of hydrogen-bond donors (Lipinski definition) is 2. The number of rotatable bonds is 4. The molecule has 0 heterocycles. The van der Waals surface area contributed by atoms with Crippen molar-refractivity contribution in [2.45, 2.75) is 44.0 Å². The van der Waals surface area contributed by atoms with Gasteiger partial charge in [0.05, 0.1) is 4.90 Å². The van der Waals surface area contributed by atoms with Crippen LogP contribution in [0.15, 0.2) is 40.8 Å². The number of amides is 1. The molecule has 0 bridgehead atoms. The van der Waals surface area contributed by atoms with Gasteiger partial charge in [0.15, 0.2) is 0 Å². The van der Waals surface area contributed by atoms with Crippen LogP contribution in [-0.2, 0) is 21.4 Å². The summed E-state index contributed by atoms with van der Waals surface area (Å²) in [5.74, 6) is 0.651. The summed E-state index contributed by atoms with van der Waals surface area (Å²) in [7, 11) is -3.67. The van der Waals surface area contributed by atoms with Gasteiger partial charge in [-0.25, -0.2) is 13.6 Å². The quantitative estimate of drug-likeness (QED) is 0.832. The number of nitrogens with two attached hydrogens (primary N) is 1. The number of benzene rings is 1. The topological polar surface area (TPSA) is 89.3 Å². The molecule has 0 atom stereocenters. The molecule has 1 amide bonds. The molecule has 0 aromatic heterocycles. The third kappa shape index (κ3) is 4.96. The number of allylic oxidation sites excluding steroid dienone is 1. The fraction of sp³-hybridized carbons (Fsp3) is 0.438. The Balaban J connectivity index is 1.87. The maximum atomic E-state index is 11.9. The summed E-state index contributed by atoms with van der Waals surface area (Å²) in [6.45, 7) is 2.60. The Labute approximate surface area is 131 Å².